The third kappa shape index (κ3) is 1.58. The smallest absolute Gasteiger partial charge is 0.314 e. The van der Waals surface area contributed by atoms with Crippen molar-refractivity contribution in [1.82, 2.24) is 0 Å². The van der Waals surface area contributed by atoms with E-state index in [0.29, 0.717) is 0 Å². The highest BCUT2D eigenvalue weighted by atomic mass is 32.2. The van der Waals surface area contributed by atoms with Gasteiger partial charge in [0.1, 0.15) is 0 Å². The van der Waals surface area contributed by atoms with Gasteiger partial charge >= 0.3 is 5.97 Å². The molecule has 1 aliphatic carbocycles. The van der Waals surface area contributed by atoms with Gasteiger partial charge in [-0.15, -0.1) is 0 Å². The first-order chi connectivity index (χ1) is 7.15. The standard InChI is InChI=1S/C11H18O3S/c1-14-9(12)10(5-7-15-8-6-10)11(13)3-2-4-11/h13H,2-8H2,1H3. The first-order valence-corrected chi connectivity index (χ1v) is 6.69. The fourth-order valence-electron chi connectivity index (χ4n) is 2.76. The van der Waals surface area contributed by atoms with Crippen LogP contribution in [-0.4, -0.2) is 35.3 Å². The minimum Gasteiger partial charge on any atom is -0.469 e. The number of hydrogen-bond donors (Lipinski definition) is 1. The van der Waals surface area contributed by atoms with E-state index in [-0.39, 0.29) is 5.97 Å². The number of esters is 1. The molecule has 0 atom stereocenters. The Hall–Kier alpha value is -0.220. The fraction of sp³-hybridized carbons (Fsp3) is 0.909. The second-order valence-corrected chi connectivity index (χ2v) is 5.80. The summed E-state index contributed by atoms with van der Waals surface area (Å²) in [6, 6.07) is 0. The molecule has 0 aromatic heterocycles. The average molecular weight is 230 g/mol. The van der Waals surface area contributed by atoms with Crippen LogP contribution in [0.3, 0.4) is 0 Å². The summed E-state index contributed by atoms with van der Waals surface area (Å²) in [5.41, 5.74) is -1.38. The van der Waals surface area contributed by atoms with Crippen molar-refractivity contribution in [3.05, 3.63) is 0 Å². The number of carbonyl (C=O) groups is 1. The van der Waals surface area contributed by atoms with E-state index in [1.807, 2.05) is 11.8 Å². The van der Waals surface area contributed by atoms with E-state index in [1.54, 1.807) is 0 Å². The molecule has 0 unspecified atom stereocenters. The van der Waals surface area contributed by atoms with Crippen molar-refractivity contribution >= 4 is 17.7 Å². The molecule has 15 heavy (non-hydrogen) atoms. The molecular weight excluding hydrogens is 212 g/mol. The predicted molar refractivity (Wildman–Crippen MR) is 59.8 cm³/mol. The molecule has 0 aromatic carbocycles. The van der Waals surface area contributed by atoms with Crippen molar-refractivity contribution in [2.24, 2.45) is 5.41 Å². The Kier molecular flexibility index (Phi) is 2.99. The Balaban J connectivity index is 2.25. The lowest BCUT2D eigenvalue weighted by Gasteiger charge is -2.52. The lowest BCUT2D eigenvalue weighted by Crippen LogP contribution is -2.59. The summed E-state index contributed by atoms with van der Waals surface area (Å²) in [7, 11) is 1.42. The third-order valence-electron chi connectivity index (χ3n) is 3.99. The average Bonchev–Trinajstić information content (AvgIpc) is 2.25. The van der Waals surface area contributed by atoms with Crippen LogP contribution in [0.15, 0.2) is 0 Å². The van der Waals surface area contributed by atoms with E-state index in [0.717, 1.165) is 43.6 Å². The molecule has 2 fully saturated rings. The minimum absolute atomic E-state index is 0.204. The van der Waals surface area contributed by atoms with Crippen molar-refractivity contribution in [2.75, 3.05) is 18.6 Å². The summed E-state index contributed by atoms with van der Waals surface area (Å²) in [5.74, 6) is 1.71. The first-order valence-electron chi connectivity index (χ1n) is 5.53. The molecule has 1 N–H and O–H groups in total. The van der Waals surface area contributed by atoms with Crippen molar-refractivity contribution in [3.63, 3.8) is 0 Å². The van der Waals surface area contributed by atoms with Crippen molar-refractivity contribution in [3.8, 4) is 0 Å². The fourth-order valence-corrected chi connectivity index (χ4v) is 3.95. The SMILES string of the molecule is COC(=O)C1(C2(O)CCC2)CCSCC1. The lowest BCUT2D eigenvalue weighted by molar-refractivity contribution is -0.189. The third-order valence-corrected chi connectivity index (χ3v) is 4.98. The van der Waals surface area contributed by atoms with E-state index < -0.39 is 11.0 Å². The number of hydrogen-bond acceptors (Lipinski definition) is 4. The van der Waals surface area contributed by atoms with Crippen LogP contribution in [0.25, 0.3) is 0 Å². The molecule has 4 heteroatoms. The van der Waals surface area contributed by atoms with Crippen molar-refractivity contribution in [2.45, 2.75) is 37.7 Å². The summed E-state index contributed by atoms with van der Waals surface area (Å²) < 4.78 is 4.91. The highest BCUT2D eigenvalue weighted by molar-refractivity contribution is 7.99. The van der Waals surface area contributed by atoms with Crippen LogP contribution < -0.4 is 0 Å². The van der Waals surface area contributed by atoms with Gasteiger partial charge in [-0.3, -0.25) is 4.79 Å². The van der Waals surface area contributed by atoms with Crippen LogP contribution in [0.1, 0.15) is 32.1 Å². The van der Waals surface area contributed by atoms with Crippen LogP contribution in [0.2, 0.25) is 0 Å². The van der Waals surface area contributed by atoms with Crippen LogP contribution in [0.4, 0.5) is 0 Å². The van der Waals surface area contributed by atoms with Gasteiger partial charge in [-0.05, 0) is 43.6 Å². The van der Waals surface area contributed by atoms with Gasteiger partial charge in [-0.1, -0.05) is 0 Å². The van der Waals surface area contributed by atoms with Crippen molar-refractivity contribution < 1.29 is 14.6 Å². The number of methoxy groups -OCH3 is 1. The van der Waals surface area contributed by atoms with E-state index in [9.17, 15) is 9.90 Å². The summed E-state index contributed by atoms with van der Waals surface area (Å²) in [6.07, 6.45) is 4.07. The highest BCUT2D eigenvalue weighted by Crippen LogP contribution is 2.53. The molecule has 0 aromatic rings. The normalized spacial score (nSPS) is 27.9. The van der Waals surface area contributed by atoms with Gasteiger partial charge in [0.25, 0.3) is 0 Å². The monoisotopic (exact) mass is 230 g/mol. The molecule has 1 saturated heterocycles. The number of rotatable bonds is 2. The van der Waals surface area contributed by atoms with Crippen LogP contribution in [-0.2, 0) is 9.53 Å². The molecule has 1 heterocycles. The largest absolute Gasteiger partial charge is 0.469 e. The van der Waals surface area contributed by atoms with E-state index in [1.165, 1.54) is 7.11 Å². The Morgan fingerprint density at radius 2 is 1.87 bits per heavy atom. The molecule has 0 bridgehead atoms. The molecule has 86 valence electrons. The summed E-state index contributed by atoms with van der Waals surface area (Å²) in [4.78, 5) is 11.9. The lowest BCUT2D eigenvalue weighted by atomic mass is 9.58. The minimum atomic E-state index is -0.777. The molecule has 0 amide bonds. The van der Waals surface area contributed by atoms with Gasteiger partial charge in [0.2, 0.25) is 0 Å². The number of aliphatic hydroxyl groups is 1. The van der Waals surface area contributed by atoms with Gasteiger partial charge in [-0.2, -0.15) is 11.8 Å². The first kappa shape index (κ1) is 11.3. The van der Waals surface area contributed by atoms with E-state index in [2.05, 4.69) is 0 Å². The van der Waals surface area contributed by atoms with Gasteiger partial charge < -0.3 is 9.84 Å². The van der Waals surface area contributed by atoms with Crippen LogP contribution in [0.5, 0.6) is 0 Å². The number of ether oxygens (including phenoxy) is 1. The predicted octanol–water partition coefficient (Wildman–Crippen LogP) is 1.59. The molecule has 1 aliphatic heterocycles. The molecular formula is C11H18O3S. The second-order valence-electron chi connectivity index (χ2n) is 4.57. The van der Waals surface area contributed by atoms with Crippen molar-refractivity contribution in [1.29, 1.82) is 0 Å². The van der Waals surface area contributed by atoms with Gasteiger partial charge in [0.05, 0.1) is 18.1 Å². The van der Waals surface area contributed by atoms with Gasteiger partial charge in [0, 0.05) is 0 Å². The Labute approximate surface area is 94.6 Å². The summed E-state index contributed by atoms with van der Waals surface area (Å²) in [6.45, 7) is 0. The summed E-state index contributed by atoms with van der Waals surface area (Å²) >= 11 is 1.86. The Morgan fingerprint density at radius 3 is 2.27 bits per heavy atom. The molecule has 2 aliphatic rings. The highest BCUT2D eigenvalue weighted by Gasteiger charge is 2.59. The molecule has 1 saturated carbocycles. The maximum Gasteiger partial charge on any atom is 0.314 e. The maximum atomic E-state index is 11.9. The molecule has 0 spiro atoms. The Morgan fingerprint density at radius 1 is 1.27 bits per heavy atom. The maximum absolute atomic E-state index is 11.9. The number of carbonyl (C=O) groups excluding carboxylic acids is 1. The summed E-state index contributed by atoms with van der Waals surface area (Å²) in [5, 5.41) is 10.5. The van der Waals surface area contributed by atoms with Gasteiger partial charge in [0.15, 0.2) is 0 Å². The molecule has 0 radical (unpaired) electrons. The topological polar surface area (TPSA) is 46.5 Å². The Bertz CT molecular complexity index is 255. The zero-order valence-corrected chi connectivity index (χ0v) is 9.94. The zero-order valence-electron chi connectivity index (χ0n) is 9.12. The van der Waals surface area contributed by atoms with Crippen LogP contribution >= 0.6 is 11.8 Å². The molecule has 2 rings (SSSR count). The molecule has 3 nitrogen and oxygen atoms in total. The number of thioether (sulfide) groups is 1. The van der Waals surface area contributed by atoms with Crippen LogP contribution in [0, 0.1) is 5.41 Å². The second kappa shape index (κ2) is 3.98. The quantitative estimate of drug-likeness (QED) is 0.732. The van der Waals surface area contributed by atoms with Gasteiger partial charge in [-0.25, -0.2) is 0 Å². The van der Waals surface area contributed by atoms with E-state index >= 15 is 0 Å². The zero-order chi connectivity index (χ0) is 10.9. The van der Waals surface area contributed by atoms with E-state index in [4.69, 9.17) is 4.74 Å².